The zero-order valence-electron chi connectivity index (χ0n) is 17.9. The molecule has 0 aromatic heterocycles. The van der Waals surface area contributed by atoms with Crippen molar-refractivity contribution in [3.05, 3.63) is 64.7 Å². The summed E-state index contributed by atoms with van der Waals surface area (Å²) < 4.78 is 0. The van der Waals surface area contributed by atoms with Crippen LogP contribution in [0.3, 0.4) is 0 Å². The molecule has 1 saturated heterocycles. The van der Waals surface area contributed by atoms with Gasteiger partial charge in [0.25, 0.3) is 5.91 Å². The van der Waals surface area contributed by atoms with Gasteiger partial charge in [-0.15, -0.1) is 0 Å². The number of hydrogen-bond donors (Lipinski definition) is 2. The molecule has 2 aromatic carbocycles. The van der Waals surface area contributed by atoms with E-state index < -0.39 is 0 Å². The molecular formula is C24H30ClN3O2. The SMILES string of the molecule is CC(C)(C)NC(=O)C1CCN(Cc2cccc(NC(=O)c3ccc(Cl)cc3)c2)CC1. The summed E-state index contributed by atoms with van der Waals surface area (Å²) >= 11 is 5.89. The van der Waals surface area contributed by atoms with Gasteiger partial charge in [-0.1, -0.05) is 23.7 Å². The second-order valence-electron chi connectivity index (χ2n) is 8.95. The summed E-state index contributed by atoms with van der Waals surface area (Å²) in [6, 6.07) is 14.7. The Morgan fingerprint density at radius 1 is 1.07 bits per heavy atom. The first-order chi connectivity index (χ1) is 14.2. The van der Waals surface area contributed by atoms with Gasteiger partial charge in [-0.05, 0) is 88.7 Å². The molecule has 2 amide bonds. The van der Waals surface area contributed by atoms with Crippen molar-refractivity contribution in [3.8, 4) is 0 Å². The maximum Gasteiger partial charge on any atom is 0.255 e. The van der Waals surface area contributed by atoms with Crippen LogP contribution in [0.15, 0.2) is 48.5 Å². The highest BCUT2D eigenvalue weighted by Gasteiger charge is 2.27. The topological polar surface area (TPSA) is 61.4 Å². The molecule has 160 valence electrons. The minimum atomic E-state index is -0.189. The Bertz CT molecular complexity index is 882. The van der Waals surface area contributed by atoms with E-state index in [-0.39, 0.29) is 23.3 Å². The van der Waals surface area contributed by atoms with Gasteiger partial charge in [0, 0.05) is 34.3 Å². The average Bonchev–Trinajstić information content (AvgIpc) is 2.68. The third-order valence-corrected chi connectivity index (χ3v) is 5.41. The summed E-state index contributed by atoms with van der Waals surface area (Å²) in [6.07, 6.45) is 1.74. The Kier molecular flexibility index (Phi) is 7.16. The molecule has 0 bridgehead atoms. The number of amides is 2. The number of carbonyl (C=O) groups is 2. The summed E-state index contributed by atoms with van der Waals surface area (Å²) in [4.78, 5) is 27.2. The minimum Gasteiger partial charge on any atom is -0.351 e. The largest absolute Gasteiger partial charge is 0.351 e. The van der Waals surface area contributed by atoms with Crippen molar-refractivity contribution in [2.24, 2.45) is 5.92 Å². The highest BCUT2D eigenvalue weighted by atomic mass is 35.5. The summed E-state index contributed by atoms with van der Waals surface area (Å²) in [6.45, 7) is 8.63. The van der Waals surface area contributed by atoms with Gasteiger partial charge >= 0.3 is 0 Å². The molecule has 0 aliphatic carbocycles. The molecule has 0 atom stereocenters. The van der Waals surface area contributed by atoms with Crippen LogP contribution in [0.1, 0.15) is 49.5 Å². The fourth-order valence-corrected chi connectivity index (χ4v) is 3.76. The number of likely N-dealkylation sites (tertiary alicyclic amines) is 1. The molecule has 0 saturated carbocycles. The van der Waals surface area contributed by atoms with Crippen LogP contribution in [-0.4, -0.2) is 35.3 Å². The lowest BCUT2D eigenvalue weighted by molar-refractivity contribution is -0.127. The molecule has 1 aliphatic heterocycles. The monoisotopic (exact) mass is 427 g/mol. The zero-order chi connectivity index (χ0) is 21.7. The standard InChI is InChI=1S/C24H30ClN3O2/c1-24(2,3)27-23(30)19-11-13-28(14-12-19)16-17-5-4-6-21(15-17)26-22(29)18-7-9-20(25)10-8-18/h4-10,15,19H,11-14,16H2,1-3H3,(H,26,29)(H,27,30). The third kappa shape index (κ3) is 6.57. The second kappa shape index (κ2) is 9.63. The first kappa shape index (κ1) is 22.3. The number of hydrogen-bond acceptors (Lipinski definition) is 3. The number of piperidine rings is 1. The minimum absolute atomic E-state index is 0.0884. The lowest BCUT2D eigenvalue weighted by Gasteiger charge is -2.33. The number of benzene rings is 2. The van der Waals surface area contributed by atoms with E-state index in [1.807, 2.05) is 39.0 Å². The van der Waals surface area contributed by atoms with Crippen molar-refractivity contribution in [2.45, 2.75) is 45.7 Å². The Morgan fingerprint density at radius 2 is 1.73 bits per heavy atom. The number of rotatable bonds is 5. The summed E-state index contributed by atoms with van der Waals surface area (Å²) in [5, 5.41) is 6.64. The van der Waals surface area contributed by atoms with Crippen molar-refractivity contribution >= 4 is 29.1 Å². The van der Waals surface area contributed by atoms with Gasteiger partial charge in [0.15, 0.2) is 0 Å². The highest BCUT2D eigenvalue weighted by molar-refractivity contribution is 6.30. The van der Waals surface area contributed by atoms with Gasteiger partial charge < -0.3 is 10.6 Å². The van der Waals surface area contributed by atoms with Crippen LogP contribution in [0.4, 0.5) is 5.69 Å². The fourth-order valence-electron chi connectivity index (χ4n) is 3.64. The lowest BCUT2D eigenvalue weighted by Crippen LogP contribution is -2.46. The highest BCUT2D eigenvalue weighted by Crippen LogP contribution is 2.21. The predicted octanol–water partition coefficient (Wildman–Crippen LogP) is 4.72. The molecule has 5 nitrogen and oxygen atoms in total. The van der Waals surface area contributed by atoms with Crippen LogP contribution in [0, 0.1) is 5.92 Å². The van der Waals surface area contributed by atoms with E-state index >= 15 is 0 Å². The normalized spacial score (nSPS) is 15.6. The smallest absolute Gasteiger partial charge is 0.255 e. The maximum absolute atomic E-state index is 12.4. The molecule has 1 fully saturated rings. The number of nitrogens with one attached hydrogen (secondary N) is 2. The van der Waals surface area contributed by atoms with Gasteiger partial charge in [0.1, 0.15) is 0 Å². The first-order valence-corrected chi connectivity index (χ1v) is 10.8. The summed E-state index contributed by atoms with van der Waals surface area (Å²) in [5.74, 6) is 0.0917. The number of halogens is 1. The third-order valence-electron chi connectivity index (χ3n) is 5.15. The molecule has 30 heavy (non-hydrogen) atoms. The van der Waals surface area contributed by atoms with Crippen molar-refractivity contribution in [3.63, 3.8) is 0 Å². The predicted molar refractivity (Wildman–Crippen MR) is 122 cm³/mol. The van der Waals surface area contributed by atoms with Crippen molar-refractivity contribution < 1.29 is 9.59 Å². The van der Waals surface area contributed by atoms with Gasteiger partial charge in [-0.25, -0.2) is 0 Å². The Labute approximate surface area is 183 Å². The van der Waals surface area contributed by atoms with Crippen LogP contribution in [0.5, 0.6) is 0 Å². The fraction of sp³-hybridized carbons (Fsp3) is 0.417. The number of anilines is 1. The molecule has 2 aromatic rings. The zero-order valence-corrected chi connectivity index (χ0v) is 18.6. The molecular weight excluding hydrogens is 398 g/mol. The molecule has 2 N–H and O–H groups in total. The first-order valence-electron chi connectivity index (χ1n) is 10.4. The van der Waals surface area contributed by atoms with Crippen molar-refractivity contribution in [1.82, 2.24) is 10.2 Å². The average molecular weight is 428 g/mol. The maximum atomic E-state index is 12.4. The molecule has 0 unspecified atom stereocenters. The van der Waals surface area contributed by atoms with E-state index in [2.05, 4.69) is 21.6 Å². The van der Waals surface area contributed by atoms with Crippen LogP contribution in [0.2, 0.25) is 5.02 Å². The van der Waals surface area contributed by atoms with E-state index in [4.69, 9.17) is 11.6 Å². The Morgan fingerprint density at radius 3 is 2.37 bits per heavy atom. The van der Waals surface area contributed by atoms with Crippen molar-refractivity contribution in [1.29, 1.82) is 0 Å². The number of nitrogens with zero attached hydrogens (tertiary/aromatic N) is 1. The van der Waals surface area contributed by atoms with Gasteiger partial charge in [-0.3, -0.25) is 14.5 Å². The summed E-state index contributed by atoms with van der Waals surface area (Å²) in [7, 11) is 0. The van der Waals surface area contributed by atoms with E-state index in [0.717, 1.165) is 43.7 Å². The molecule has 6 heteroatoms. The molecule has 0 spiro atoms. The van der Waals surface area contributed by atoms with E-state index in [9.17, 15) is 9.59 Å². The molecule has 1 aliphatic rings. The van der Waals surface area contributed by atoms with Gasteiger partial charge in [-0.2, -0.15) is 0 Å². The van der Waals surface area contributed by atoms with Crippen LogP contribution >= 0.6 is 11.6 Å². The van der Waals surface area contributed by atoms with E-state index in [0.29, 0.717) is 10.6 Å². The molecule has 1 heterocycles. The summed E-state index contributed by atoms with van der Waals surface area (Å²) in [5.41, 5.74) is 2.29. The van der Waals surface area contributed by atoms with Crippen LogP contribution in [-0.2, 0) is 11.3 Å². The molecule has 3 rings (SSSR count). The van der Waals surface area contributed by atoms with Crippen LogP contribution in [0.25, 0.3) is 0 Å². The number of carbonyl (C=O) groups excluding carboxylic acids is 2. The van der Waals surface area contributed by atoms with Gasteiger partial charge in [0.05, 0.1) is 0 Å². The lowest BCUT2D eigenvalue weighted by atomic mass is 9.94. The Balaban J connectivity index is 1.53. The van der Waals surface area contributed by atoms with E-state index in [1.165, 1.54) is 0 Å². The quantitative estimate of drug-likeness (QED) is 0.725. The van der Waals surface area contributed by atoms with Crippen LogP contribution < -0.4 is 10.6 Å². The Hall–Kier alpha value is -2.37. The molecule has 0 radical (unpaired) electrons. The second-order valence-corrected chi connectivity index (χ2v) is 9.39. The van der Waals surface area contributed by atoms with E-state index in [1.54, 1.807) is 24.3 Å². The van der Waals surface area contributed by atoms with Crippen molar-refractivity contribution in [2.75, 3.05) is 18.4 Å². The van der Waals surface area contributed by atoms with Gasteiger partial charge in [0.2, 0.25) is 5.91 Å².